The minimum atomic E-state index is -0.462. The first-order valence-electron chi connectivity index (χ1n) is 5.16. The Balaban J connectivity index is 3.34. The van der Waals surface area contributed by atoms with Gasteiger partial charge in [-0.1, -0.05) is 0 Å². The van der Waals surface area contributed by atoms with Crippen LogP contribution in [0, 0.1) is 10.1 Å². The molecule has 18 heavy (non-hydrogen) atoms. The lowest BCUT2D eigenvalue weighted by molar-refractivity contribution is -0.422. The van der Waals surface area contributed by atoms with Crippen molar-refractivity contribution < 1.29 is 19.1 Å². The fourth-order valence-electron chi connectivity index (χ4n) is 1.44. The highest BCUT2D eigenvalue weighted by molar-refractivity contribution is 5.64. The lowest BCUT2D eigenvalue weighted by Crippen LogP contribution is -1.97. The molecule has 1 rings (SSSR count). The number of nitro groups is 1. The molecule has 0 bridgehead atoms. The van der Waals surface area contributed by atoms with Gasteiger partial charge in [-0.2, -0.15) is 0 Å². The Morgan fingerprint density at radius 2 is 1.61 bits per heavy atom. The molecule has 0 N–H and O–H groups in total. The third-order valence-electron chi connectivity index (χ3n) is 2.39. The maximum atomic E-state index is 10.6. The van der Waals surface area contributed by atoms with E-state index in [1.165, 1.54) is 34.3 Å². The molecule has 0 fully saturated rings. The number of rotatable bonds is 5. The van der Waals surface area contributed by atoms with Crippen LogP contribution in [-0.2, 0) is 0 Å². The summed E-state index contributed by atoms with van der Waals surface area (Å²) in [7, 11) is 4.49. The summed E-state index contributed by atoms with van der Waals surface area (Å²) in [5.41, 5.74) is 0.574. The largest absolute Gasteiger partial charge is 0.496 e. The van der Waals surface area contributed by atoms with Crippen LogP contribution in [0.5, 0.6) is 17.2 Å². The van der Waals surface area contributed by atoms with Crippen LogP contribution in [-0.4, -0.2) is 26.3 Å². The van der Waals surface area contributed by atoms with Crippen LogP contribution in [0.1, 0.15) is 12.5 Å². The number of nitrogens with zero attached hydrogens (tertiary/aromatic N) is 1. The molecule has 0 heterocycles. The molecular weight excluding hydrogens is 238 g/mol. The quantitative estimate of drug-likeness (QED) is 0.595. The molecule has 6 nitrogen and oxygen atoms in total. The molecule has 0 aliphatic carbocycles. The summed E-state index contributed by atoms with van der Waals surface area (Å²) in [5, 5.41) is 10.6. The van der Waals surface area contributed by atoms with Crippen LogP contribution in [0.15, 0.2) is 17.8 Å². The van der Waals surface area contributed by atoms with Crippen molar-refractivity contribution in [2.75, 3.05) is 21.3 Å². The van der Waals surface area contributed by atoms with Gasteiger partial charge in [-0.3, -0.25) is 10.1 Å². The number of ether oxygens (including phenoxy) is 3. The summed E-state index contributed by atoms with van der Waals surface area (Å²) >= 11 is 0. The molecule has 0 aliphatic rings. The van der Waals surface area contributed by atoms with E-state index < -0.39 is 4.92 Å². The summed E-state index contributed by atoms with van der Waals surface area (Å²) in [6.07, 6.45) is 1.42. The second-order valence-corrected chi connectivity index (χ2v) is 3.49. The Hall–Kier alpha value is -2.24. The van der Waals surface area contributed by atoms with Crippen LogP contribution in [0.4, 0.5) is 0 Å². The molecule has 1 aromatic rings. The van der Waals surface area contributed by atoms with Crippen LogP contribution in [0.3, 0.4) is 0 Å². The van der Waals surface area contributed by atoms with Gasteiger partial charge in [0.15, 0.2) is 11.5 Å². The zero-order valence-corrected chi connectivity index (χ0v) is 10.7. The molecule has 98 valence electrons. The number of hydrogen-bond donors (Lipinski definition) is 0. The molecule has 0 saturated heterocycles. The van der Waals surface area contributed by atoms with E-state index in [1.54, 1.807) is 12.1 Å². The lowest BCUT2D eigenvalue weighted by atomic mass is 10.1. The van der Waals surface area contributed by atoms with Gasteiger partial charge < -0.3 is 14.2 Å². The van der Waals surface area contributed by atoms with E-state index in [0.717, 1.165) is 0 Å². The Morgan fingerprint density at radius 3 is 2.06 bits per heavy atom. The molecule has 0 unspecified atom stereocenters. The minimum absolute atomic E-state index is 0.0144. The molecule has 0 aliphatic heterocycles. The molecule has 0 radical (unpaired) electrons. The van der Waals surface area contributed by atoms with Gasteiger partial charge in [0.1, 0.15) is 5.75 Å². The van der Waals surface area contributed by atoms with Crippen molar-refractivity contribution in [3.63, 3.8) is 0 Å². The van der Waals surface area contributed by atoms with Crippen LogP contribution >= 0.6 is 0 Å². The standard InChI is InChI=1S/C12H15NO5/c1-8(13(14)15)5-9-6-11(17-3)12(18-4)7-10(9)16-2/h5-7H,1-4H3/b8-5+. The van der Waals surface area contributed by atoms with E-state index in [0.29, 0.717) is 22.8 Å². The van der Waals surface area contributed by atoms with Crippen LogP contribution in [0.2, 0.25) is 0 Å². The third-order valence-corrected chi connectivity index (χ3v) is 2.39. The summed E-state index contributed by atoms with van der Waals surface area (Å²) in [4.78, 5) is 10.2. The van der Waals surface area contributed by atoms with Gasteiger partial charge in [0.25, 0.3) is 0 Å². The molecule has 0 amide bonds. The molecule has 0 atom stereocenters. The number of hydrogen-bond acceptors (Lipinski definition) is 5. The minimum Gasteiger partial charge on any atom is -0.496 e. The molecule has 1 aromatic carbocycles. The zero-order chi connectivity index (χ0) is 13.7. The highest BCUT2D eigenvalue weighted by Crippen LogP contribution is 2.35. The van der Waals surface area contributed by atoms with Gasteiger partial charge in [-0.05, 0) is 6.07 Å². The maximum absolute atomic E-state index is 10.6. The van der Waals surface area contributed by atoms with Crippen molar-refractivity contribution in [2.45, 2.75) is 6.92 Å². The summed E-state index contributed by atoms with van der Waals surface area (Å²) in [6, 6.07) is 3.25. The van der Waals surface area contributed by atoms with Crippen molar-refractivity contribution >= 4 is 6.08 Å². The Labute approximate surface area is 105 Å². The highest BCUT2D eigenvalue weighted by Gasteiger charge is 2.12. The van der Waals surface area contributed by atoms with Crippen molar-refractivity contribution in [3.05, 3.63) is 33.5 Å². The second-order valence-electron chi connectivity index (χ2n) is 3.49. The second kappa shape index (κ2) is 5.90. The first kappa shape index (κ1) is 13.8. The fraction of sp³-hybridized carbons (Fsp3) is 0.333. The first-order valence-corrected chi connectivity index (χ1v) is 5.16. The van der Waals surface area contributed by atoms with E-state index in [9.17, 15) is 10.1 Å². The molecule has 0 spiro atoms. The van der Waals surface area contributed by atoms with Crippen LogP contribution in [0.25, 0.3) is 6.08 Å². The fourth-order valence-corrected chi connectivity index (χ4v) is 1.44. The van der Waals surface area contributed by atoms with Gasteiger partial charge >= 0.3 is 0 Å². The van der Waals surface area contributed by atoms with Crippen molar-refractivity contribution in [1.82, 2.24) is 0 Å². The van der Waals surface area contributed by atoms with Crippen molar-refractivity contribution in [2.24, 2.45) is 0 Å². The zero-order valence-electron chi connectivity index (χ0n) is 10.7. The van der Waals surface area contributed by atoms with E-state index in [-0.39, 0.29) is 5.70 Å². The topological polar surface area (TPSA) is 70.8 Å². The predicted molar refractivity (Wildman–Crippen MR) is 66.7 cm³/mol. The van der Waals surface area contributed by atoms with Gasteiger partial charge in [0.2, 0.25) is 5.70 Å². The Bertz CT molecular complexity index is 482. The average Bonchev–Trinajstić information content (AvgIpc) is 2.37. The summed E-state index contributed by atoms with van der Waals surface area (Å²) in [6.45, 7) is 1.41. The predicted octanol–water partition coefficient (Wildman–Crippen LogP) is 2.35. The highest BCUT2D eigenvalue weighted by atomic mass is 16.6. The summed E-state index contributed by atoms with van der Waals surface area (Å²) < 4.78 is 15.4. The van der Waals surface area contributed by atoms with Gasteiger partial charge in [-0.15, -0.1) is 0 Å². The average molecular weight is 253 g/mol. The first-order chi connectivity index (χ1) is 8.53. The third kappa shape index (κ3) is 2.91. The molecule has 6 heteroatoms. The number of benzene rings is 1. The number of methoxy groups -OCH3 is 3. The van der Waals surface area contributed by atoms with E-state index >= 15 is 0 Å². The van der Waals surface area contributed by atoms with Crippen molar-refractivity contribution in [1.29, 1.82) is 0 Å². The molecular formula is C12H15NO5. The van der Waals surface area contributed by atoms with Gasteiger partial charge in [-0.25, -0.2) is 0 Å². The van der Waals surface area contributed by atoms with E-state index in [1.807, 2.05) is 0 Å². The monoisotopic (exact) mass is 253 g/mol. The summed E-state index contributed by atoms with van der Waals surface area (Å²) in [5.74, 6) is 1.47. The maximum Gasteiger partial charge on any atom is 0.243 e. The lowest BCUT2D eigenvalue weighted by Gasteiger charge is -2.11. The normalized spacial score (nSPS) is 11.0. The Morgan fingerprint density at radius 1 is 1.11 bits per heavy atom. The van der Waals surface area contributed by atoms with Crippen molar-refractivity contribution in [3.8, 4) is 17.2 Å². The SMILES string of the molecule is COc1cc(OC)c(OC)cc1/C=C(\C)[N+](=O)[O-]. The van der Waals surface area contributed by atoms with Gasteiger partial charge in [0, 0.05) is 24.6 Å². The Kier molecular flexibility index (Phi) is 4.53. The number of allylic oxidation sites excluding steroid dienone is 1. The van der Waals surface area contributed by atoms with Gasteiger partial charge in [0.05, 0.1) is 26.3 Å². The van der Waals surface area contributed by atoms with E-state index in [4.69, 9.17) is 14.2 Å². The molecule has 0 saturated carbocycles. The van der Waals surface area contributed by atoms with E-state index in [2.05, 4.69) is 0 Å². The smallest absolute Gasteiger partial charge is 0.243 e. The van der Waals surface area contributed by atoms with Crippen LogP contribution < -0.4 is 14.2 Å². The molecule has 0 aromatic heterocycles.